The molecule has 2 amide bonds. The van der Waals surface area contributed by atoms with Crippen LogP contribution in [0.3, 0.4) is 0 Å². The van der Waals surface area contributed by atoms with Gasteiger partial charge in [0.25, 0.3) is 0 Å². The van der Waals surface area contributed by atoms with Gasteiger partial charge in [-0.15, -0.1) is 34.3 Å². The van der Waals surface area contributed by atoms with E-state index in [9.17, 15) is 9.59 Å². The van der Waals surface area contributed by atoms with Crippen molar-refractivity contribution in [3.63, 3.8) is 0 Å². The fourth-order valence-corrected chi connectivity index (χ4v) is 6.31. The number of carbonyl (C=O) groups is 2. The molecule has 236 valence electrons. The van der Waals surface area contributed by atoms with E-state index in [0.717, 1.165) is 35.4 Å². The molecule has 4 aromatic heterocycles. The molecule has 0 bridgehead atoms. The average Bonchev–Trinajstić information content (AvgIpc) is 3.91. The van der Waals surface area contributed by atoms with Crippen LogP contribution in [0.4, 0.5) is 0 Å². The van der Waals surface area contributed by atoms with E-state index in [1.54, 1.807) is 32.5 Å². The van der Waals surface area contributed by atoms with Gasteiger partial charge in [-0.2, -0.15) is 9.97 Å². The zero-order valence-corrected chi connectivity index (χ0v) is 29.3. The Morgan fingerprint density at radius 1 is 0.848 bits per heavy atom. The Hall–Kier alpha value is -3.47. The number of alkyl halides is 1. The Bertz CT molecular complexity index is 1590. The van der Waals surface area contributed by atoms with Gasteiger partial charge in [0.15, 0.2) is 0 Å². The Balaban J connectivity index is 0.000000227. The van der Waals surface area contributed by atoms with Crippen LogP contribution >= 0.6 is 34.3 Å². The molecule has 2 aliphatic heterocycles. The summed E-state index contributed by atoms with van der Waals surface area (Å²) in [5.41, 5.74) is 21.7. The average molecular weight is 695 g/mol. The molecule has 0 atom stereocenters. The van der Waals surface area contributed by atoms with Gasteiger partial charge in [0, 0.05) is 42.9 Å². The minimum absolute atomic E-state index is 0. The minimum atomic E-state index is -0.138. The molecule has 16 nitrogen and oxygen atoms in total. The maximum atomic E-state index is 11.8. The van der Waals surface area contributed by atoms with Gasteiger partial charge in [0.2, 0.25) is 35.2 Å². The first-order valence-electron chi connectivity index (χ1n) is 13.8. The molecular weight excluding hydrogens is 667 g/mol. The van der Waals surface area contributed by atoms with Crippen LogP contribution in [0.1, 0.15) is 49.3 Å². The minimum Gasteiger partial charge on any atom is -0.373 e. The molecule has 0 N–H and O–H groups in total. The van der Waals surface area contributed by atoms with Gasteiger partial charge in [0.05, 0.1) is 9.75 Å². The van der Waals surface area contributed by atoms with Crippen molar-refractivity contribution >= 4 is 46.1 Å². The second-order valence-electron chi connectivity index (χ2n) is 9.79. The van der Waals surface area contributed by atoms with Crippen LogP contribution in [0, 0.1) is 0 Å². The summed E-state index contributed by atoms with van der Waals surface area (Å²) in [6.45, 7) is 2.51. The summed E-state index contributed by atoms with van der Waals surface area (Å²) >= 11 is 8.73. The molecule has 2 aliphatic rings. The topological polar surface area (TPSA) is 226 Å². The van der Waals surface area contributed by atoms with E-state index in [1.165, 1.54) is 4.91 Å². The van der Waals surface area contributed by atoms with E-state index in [2.05, 4.69) is 30.3 Å². The summed E-state index contributed by atoms with van der Waals surface area (Å²) in [7, 11) is 0. The van der Waals surface area contributed by atoms with Crippen molar-refractivity contribution < 1.29 is 48.2 Å². The number of thiophene rings is 2. The predicted molar refractivity (Wildman–Crippen MR) is 167 cm³/mol. The van der Waals surface area contributed by atoms with Crippen LogP contribution in [0.25, 0.3) is 47.8 Å². The zero-order chi connectivity index (χ0) is 32.0. The van der Waals surface area contributed by atoms with Crippen LogP contribution < -0.4 is 29.6 Å². The van der Waals surface area contributed by atoms with Crippen molar-refractivity contribution in [1.29, 1.82) is 0 Å². The Labute approximate surface area is 298 Å². The number of aromatic nitrogens is 4. The molecule has 0 saturated carbocycles. The van der Waals surface area contributed by atoms with Crippen LogP contribution in [0.15, 0.2) is 49.2 Å². The number of rotatable bonds is 7. The number of likely N-dealkylation sites (tertiary alicyclic amines) is 2. The number of azide groups is 1. The smallest absolute Gasteiger partial charge is 0.373 e. The molecule has 0 aliphatic carbocycles. The largest absolute Gasteiger partial charge is 1.00 e. The summed E-state index contributed by atoms with van der Waals surface area (Å²) in [6.07, 6.45) is 3.23. The fourth-order valence-electron chi connectivity index (χ4n) is 4.84. The molecule has 0 aromatic carbocycles. The molecule has 0 spiro atoms. The summed E-state index contributed by atoms with van der Waals surface area (Å²) in [6, 6.07) is 7.84. The van der Waals surface area contributed by atoms with E-state index in [1.807, 2.05) is 35.0 Å². The van der Waals surface area contributed by atoms with Crippen LogP contribution in [-0.4, -0.2) is 80.5 Å². The monoisotopic (exact) mass is 694 g/mol. The summed E-state index contributed by atoms with van der Waals surface area (Å²) in [5, 5.41) is 15.3. The van der Waals surface area contributed by atoms with Gasteiger partial charge >= 0.3 is 29.6 Å². The molecule has 46 heavy (non-hydrogen) atoms. The molecule has 4 aromatic rings. The van der Waals surface area contributed by atoms with Crippen molar-refractivity contribution in [3.8, 4) is 21.4 Å². The van der Waals surface area contributed by atoms with Crippen molar-refractivity contribution in [3.05, 3.63) is 73.2 Å². The Kier molecular flexibility index (Phi) is 15.5. The maximum absolute atomic E-state index is 11.8. The number of halogens is 1. The SMILES string of the molecule is O=C(CCl)N1CCC(c2nc(-c3cccs3)no2)CC1.[N-]=[N+]=NCC(=O)N1CCC(c2nc(-c3cccs3)no2)CC1.[N-]=[N+]=[N-].[Na+]. The maximum Gasteiger partial charge on any atom is 1.00 e. The van der Waals surface area contributed by atoms with Gasteiger partial charge in [-0.3, -0.25) is 14.5 Å². The van der Waals surface area contributed by atoms with Gasteiger partial charge in [0.1, 0.15) is 12.4 Å². The number of hydrogen-bond acceptors (Lipinski definition) is 11. The van der Waals surface area contributed by atoms with Crippen molar-refractivity contribution in [2.24, 2.45) is 5.11 Å². The van der Waals surface area contributed by atoms with Gasteiger partial charge in [-0.1, -0.05) is 27.6 Å². The standard InChI is InChI=1S/C13H14ClN3O2S.C13H14N6O2S.N3.Na/c14-8-11(18)17-5-3-9(4-6-17)13-15-12(16-19-13)10-2-1-7-20-10;14-18-15-8-11(20)19-5-3-9(4-6-19)13-16-12(17-21-13)10-2-1-7-22-10;1-3-2;/h1-2,7,9H,3-6,8H2;1-2,7,9H,3-6,8H2;;/q;;-1;+1. The van der Waals surface area contributed by atoms with E-state index >= 15 is 0 Å². The summed E-state index contributed by atoms with van der Waals surface area (Å²) < 4.78 is 10.7. The number of nitrogens with zero attached hydrogens (tertiary/aromatic N) is 12. The molecule has 6 heterocycles. The summed E-state index contributed by atoms with van der Waals surface area (Å²) in [5.74, 6) is 2.88. The van der Waals surface area contributed by atoms with Crippen molar-refractivity contribution in [2.75, 3.05) is 38.6 Å². The molecule has 0 unspecified atom stereocenters. The van der Waals surface area contributed by atoms with Gasteiger partial charge < -0.3 is 29.9 Å². The number of piperidine rings is 2. The third-order valence-corrected chi connectivity index (χ3v) is 9.10. The van der Waals surface area contributed by atoms with Gasteiger partial charge in [-0.25, -0.2) is 0 Å². The Morgan fingerprint density at radius 3 is 1.65 bits per heavy atom. The molecular formula is C26H28ClN12NaO4S2. The van der Waals surface area contributed by atoms with Crippen LogP contribution in [-0.2, 0) is 9.59 Å². The van der Waals surface area contributed by atoms with E-state index in [0.29, 0.717) is 49.6 Å². The van der Waals surface area contributed by atoms with Crippen LogP contribution in [0.2, 0.25) is 0 Å². The first-order chi connectivity index (χ1) is 22.0. The molecule has 0 radical (unpaired) electrons. The molecule has 2 fully saturated rings. The third kappa shape index (κ3) is 10.3. The number of carbonyl (C=O) groups excluding carboxylic acids is 2. The van der Waals surface area contributed by atoms with E-state index in [4.69, 9.17) is 37.2 Å². The normalized spacial score (nSPS) is 14.8. The van der Waals surface area contributed by atoms with Crippen molar-refractivity contribution in [2.45, 2.75) is 37.5 Å². The first-order valence-corrected chi connectivity index (χ1v) is 16.1. The summed E-state index contributed by atoms with van der Waals surface area (Å²) in [4.78, 5) is 41.8. The predicted octanol–water partition coefficient (Wildman–Crippen LogP) is 3.43. The van der Waals surface area contributed by atoms with E-state index < -0.39 is 0 Å². The molecule has 20 heteroatoms. The molecule has 6 rings (SSSR count). The number of amides is 2. The zero-order valence-electron chi connectivity index (χ0n) is 24.9. The van der Waals surface area contributed by atoms with E-state index in [-0.39, 0.29) is 65.6 Å². The Morgan fingerprint density at radius 2 is 1.28 bits per heavy atom. The first kappa shape index (κ1) is 37.0. The van der Waals surface area contributed by atoms with Crippen molar-refractivity contribution in [1.82, 2.24) is 30.1 Å². The quantitative estimate of drug-likeness (QED) is 0.0913. The van der Waals surface area contributed by atoms with Crippen LogP contribution in [0.5, 0.6) is 0 Å². The molecule has 2 saturated heterocycles. The fraction of sp³-hybridized carbons (Fsp3) is 0.462. The second kappa shape index (κ2) is 19.3. The van der Waals surface area contributed by atoms with Gasteiger partial charge in [-0.05, 0) is 54.1 Å². The number of hydrogen-bond donors (Lipinski definition) is 0. The third-order valence-electron chi connectivity index (χ3n) is 7.14. The second-order valence-corrected chi connectivity index (χ2v) is 12.0.